The van der Waals surface area contributed by atoms with Gasteiger partial charge in [0.2, 0.25) is 0 Å². The standard InChI is InChI=1S/C13H21ClN2OS/c1-13(2,3)18(17)16-12(7-4-8-14)11-6-5-9-15-10-11/h5-6,9-10,12,16H,4,7-8H2,1-3H3/t12-,18-/m1/s1. The topological polar surface area (TPSA) is 48.0 Å². The van der Waals surface area contributed by atoms with Gasteiger partial charge in [0.1, 0.15) is 4.75 Å². The van der Waals surface area contributed by atoms with Crippen molar-refractivity contribution in [2.75, 3.05) is 5.88 Å². The molecule has 0 radical (unpaired) electrons. The zero-order valence-electron chi connectivity index (χ0n) is 11.1. The van der Waals surface area contributed by atoms with Crippen LogP contribution in [0.1, 0.15) is 45.2 Å². The lowest BCUT2D eigenvalue weighted by molar-refractivity contribution is 0.509. The van der Waals surface area contributed by atoms with Crippen LogP contribution in [0.15, 0.2) is 24.5 Å². The van der Waals surface area contributed by atoms with E-state index in [1.54, 1.807) is 6.20 Å². The Morgan fingerprint density at radius 3 is 2.72 bits per heavy atom. The van der Waals surface area contributed by atoms with Crippen molar-refractivity contribution >= 4 is 23.0 Å². The number of alkyl halides is 1. The van der Waals surface area contributed by atoms with Gasteiger partial charge < -0.3 is 4.55 Å². The van der Waals surface area contributed by atoms with Gasteiger partial charge in [0.25, 0.3) is 0 Å². The minimum atomic E-state index is -1.09. The first-order valence-electron chi connectivity index (χ1n) is 6.09. The SMILES string of the molecule is CC(C)(C)[S@@+]([O-])N[C@H](CCCCl)c1cccnc1. The van der Waals surface area contributed by atoms with Crippen LogP contribution in [0.4, 0.5) is 0 Å². The summed E-state index contributed by atoms with van der Waals surface area (Å²) in [6.07, 6.45) is 5.29. The Kier molecular flexibility index (Phi) is 6.43. The molecule has 0 saturated heterocycles. The zero-order valence-corrected chi connectivity index (χ0v) is 12.7. The van der Waals surface area contributed by atoms with Gasteiger partial charge in [-0.3, -0.25) is 4.98 Å². The molecule has 2 atom stereocenters. The molecule has 18 heavy (non-hydrogen) atoms. The van der Waals surface area contributed by atoms with Crippen molar-refractivity contribution in [3.8, 4) is 0 Å². The molecule has 0 bridgehead atoms. The van der Waals surface area contributed by atoms with Crippen LogP contribution in [0.25, 0.3) is 0 Å². The Morgan fingerprint density at radius 1 is 1.50 bits per heavy atom. The van der Waals surface area contributed by atoms with Crippen LogP contribution in [0.2, 0.25) is 0 Å². The molecular weight excluding hydrogens is 268 g/mol. The van der Waals surface area contributed by atoms with Crippen LogP contribution < -0.4 is 4.72 Å². The summed E-state index contributed by atoms with van der Waals surface area (Å²) >= 11 is 4.65. The molecule has 3 nitrogen and oxygen atoms in total. The van der Waals surface area contributed by atoms with E-state index in [-0.39, 0.29) is 10.8 Å². The number of rotatable bonds is 6. The molecule has 1 rings (SSSR count). The van der Waals surface area contributed by atoms with E-state index >= 15 is 0 Å². The molecule has 0 fully saturated rings. The van der Waals surface area contributed by atoms with E-state index in [0.717, 1.165) is 18.4 Å². The molecule has 1 heterocycles. The molecule has 102 valence electrons. The lowest BCUT2D eigenvalue weighted by Crippen LogP contribution is -2.41. The van der Waals surface area contributed by atoms with Crippen LogP contribution in [0.5, 0.6) is 0 Å². The average Bonchev–Trinajstić information content (AvgIpc) is 2.34. The summed E-state index contributed by atoms with van der Waals surface area (Å²) in [5.74, 6) is 0.612. The molecule has 0 aliphatic carbocycles. The smallest absolute Gasteiger partial charge is 0.136 e. The summed E-state index contributed by atoms with van der Waals surface area (Å²) in [6, 6.07) is 3.93. The van der Waals surface area contributed by atoms with Crippen molar-refractivity contribution in [1.29, 1.82) is 0 Å². The van der Waals surface area contributed by atoms with E-state index < -0.39 is 11.4 Å². The first-order chi connectivity index (χ1) is 8.45. The second-order valence-corrected chi connectivity index (χ2v) is 7.54. The first-order valence-corrected chi connectivity index (χ1v) is 7.77. The van der Waals surface area contributed by atoms with Crippen LogP contribution in [-0.4, -0.2) is 20.2 Å². The van der Waals surface area contributed by atoms with Crippen LogP contribution >= 0.6 is 11.6 Å². The van der Waals surface area contributed by atoms with Crippen molar-refractivity contribution in [2.45, 2.75) is 44.4 Å². The van der Waals surface area contributed by atoms with E-state index in [9.17, 15) is 4.55 Å². The third kappa shape index (κ3) is 5.14. The normalized spacial score (nSPS) is 15.4. The van der Waals surface area contributed by atoms with Crippen LogP contribution in [-0.2, 0) is 11.4 Å². The Hall–Kier alpha value is -0.290. The van der Waals surface area contributed by atoms with Gasteiger partial charge in [-0.25, -0.2) is 0 Å². The summed E-state index contributed by atoms with van der Waals surface area (Å²) in [5, 5.41) is 0. The quantitative estimate of drug-likeness (QED) is 0.646. The summed E-state index contributed by atoms with van der Waals surface area (Å²) in [7, 11) is 0. The zero-order chi connectivity index (χ0) is 13.6. The third-order valence-electron chi connectivity index (χ3n) is 2.52. The van der Waals surface area contributed by atoms with Crippen LogP contribution in [0.3, 0.4) is 0 Å². The number of nitrogens with one attached hydrogen (secondary N) is 1. The van der Waals surface area contributed by atoms with Crippen molar-refractivity contribution in [2.24, 2.45) is 0 Å². The van der Waals surface area contributed by atoms with E-state index in [2.05, 4.69) is 9.71 Å². The maximum absolute atomic E-state index is 12.2. The van der Waals surface area contributed by atoms with E-state index in [1.807, 2.05) is 39.1 Å². The molecule has 0 amide bonds. The molecule has 1 aromatic rings. The van der Waals surface area contributed by atoms with Crippen molar-refractivity contribution < 1.29 is 4.55 Å². The van der Waals surface area contributed by atoms with E-state index in [0.29, 0.717) is 5.88 Å². The molecule has 0 aromatic carbocycles. The van der Waals surface area contributed by atoms with E-state index in [1.165, 1.54) is 0 Å². The Bertz CT molecular complexity index is 343. The van der Waals surface area contributed by atoms with Gasteiger partial charge in [-0.05, 0) is 45.2 Å². The van der Waals surface area contributed by atoms with E-state index in [4.69, 9.17) is 11.6 Å². The highest BCUT2D eigenvalue weighted by Gasteiger charge is 2.29. The van der Waals surface area contributed by atoms with Gasteiger partial charge in [0.15, 0.2) is 0 Å². The summed E-state index contributed by atoms with van der Waals surface area (Å²) < 4.78 is 15.1. The number of halogens is 1. The van der Waals surface area contributed by atoms with Crippen molar-refractivity contribution in [3.05, 3.63) is 30.1 Å². The number of nitrogens with zero attached hydrogens (tertiary/aromatic N) is 1. The molecule has 0 unspecified atom stereocenters. The van der Waals surface area contributed by atoms with Gasteiger partial charge in [0, 0.05) is 29.6 Å². The highest BCUT2D eigenvalue weighted by Crippen LogP contribution is 2.23. The number of pyridine rings is 1. The average molecular weight is 289 g/mol. The molecule has 1 N–H and O–H groups in total. The van der Waals surface area contributed by atoms with Gasteiger partial charge in [-0.1, -0.05) is 6.07 Å². The highest BCUT2D eigenvalue weighted by atomic mass is 35.5. The fraction of sp³-hybridized carbons (Fsp3) is 0.615. The van der Waals surface area contributed by atoms with Crippen molar-refractivity contribution in [1.82, 2.24) is 9.71 Å². The molecule has 5 heteroatoms. The molecule has 1 aromatic heterocycles. The minimum Gasteiger partial charge on any atom is -0.598 e. The largest absolute Gasteiger partial charge is 0.598 e. The fourth-order valence-corrected chi connectivity index (χ4v) is 2.48. The fourth-order valence-electron chi connectivity index (χ4n) is 1.46. The number of aromatic nitrogens is 1. The predicted molar refractivity (Wildman–Crippen MR) is 78.0 cm³/mol. The van der Waals surface area contributed by atoms with Gasteiger partial charge in [-0.15, -0.1) is 16.3 Å². The second kappa shape index (κ2) is 7.34. The Morgan fingerprint density at radius 2 is 2.22 bits per heavy atom. The Labute approximate surface area is 118 Å². The molecular formula is C13H21ClN2OS. The monoisotopic (exact) mass is 288 g/mol. The predicted octanol–water partition coefficient (Wildman–Crippen LogP) is 3.19. The summed E-state index contributed by atoms with van der Waals surface area (Å²) in [4.78, 5) is 4.11. The lowest BCUT2D eigenvalue weighted by Gasteiger charge is -2.28. The molecule has 0 aliphatic rings. The second-order valence-electron chi connectivity index (χ2n) is 5.17. The summed E-state index contributed by atoms with van der Waals surface area (Å²) in [6.45, 7) is 5.87. The van der Waals surface area contributed by atoms with Crippen molar-refractivity contribution in [3.63, 3.8) is 0 Å². The highest BCUT2D eigenvalue weighted by molar-refractivity contribution is 7.90. The van der Waals surface area contributed by atoms with Gasteiger partial charge >= 0.3 is 0 Å². The number of hydrogen-bond donors (Lipinski definition) is 1. The third-order valence-corrected chi connectivity index (χ3v) is 4.40. The Balaban J connectivity index is 2.73. The number of hydrogen-bond acceptors (Lipinski definition) is 3. The van der Waals surface area contributed by atoms with Gasteiger partial charge in [-0.2, -0.15) is 0 Å². The van der Waals surface area contributed by atoms with Crippen LogP contribution in [0, 0.1) is 0 Å². The van der Waals surface area contributed by atoms with Gasteiger partial charge in [0.05, 0.1) is 6.04 Å². The maximum atomic E-state index is 12.2. The molecule has 0 spiro atoms. The minimum absolute atomic E-state index is 0.0394. The first kappa shape index (κ1) is 15.8. The maximum Gasteiger partial charge on any atom is 0.136 e. The molecule has 0 aliphatic heterocycles. The lowest BCUT2D eigenvalue weighted by atomic mass is 10.1. The summed E-state index contributed by atoms with van der Waals surface area (Å²) in [5.41, 5.74) is 1.06. The molecule has 0 saturated carbocycles.